The van der Waals surface area contributed by atoms with Crippen molar-refractivity contribution >= 4 is 5.91 Å². The Morgan fingerprint density at radius 1 is 1.10 bits per heavy atom. The molecule has 2 aromatic carbocycles. The third-order valence-corrected chi connectivity index (χ3v) is 3.21. The van der Waals surface area contributed by atoms with Crippen LogP contribution >= 0.6 is 0 Å². The van der Waals surface area contributed by atoms with Crippen molar-refractivity contribution in [1.29, 1.82) is 0 Å². The first-order valence-electron chi connectivity index (χ1n) is 6.85. The lowest BCUT2D eigenvalue weighted by molar-refractivity contribution is 0.0937. The minimum absolute atomic E-state index is 0.000869. The van der Waals surface area contributed by atoms with Gasteiger partial charge in [-0.15, -0.1) is 0 Å². The molecule has 0 radical (unpaired) electrons. The van der Waals surface area contributed by atoms with Crippen LogP contribution in [0.4, 0.5) is 8.78 Å². The summed E-state index contributed by atoms with van der Waals surface area (Å²) in [5, 5.41) is 2.75. The molecule has 110 valence electrons. The van der Waals surface area contributed by atoms with Gasteiger partial charge in [-0.25, -0.2) is 8.78 Å². The Labute approximate surface area is 122 Å². The van der Waals surface area contributed by atoms with Crippen molar-refractivity contribution in [2.24, 2.45) is 0 Å². The maximum Gasteiger partial charge on any atom is 0.251 e. The normalized spacial score (nSPS) is 12.0. The predicted molar refractivity (Wildman–Crippen MR) is 78.0 cm³/mol. The van der Waals surface area contributed by atoms with E-state index in [-0.39, 0.29) is 11.6 Å². The minimum atomic E-state index is -0.753. The topological polar surface area (TPSA) is 29.1 Å². The van der Waals surface area contributed by atoms with E-state index < -0.39 is 17.5 Å². The van der Waals surface area contributed by atoms with Crippen LogP contribution in [0.15, 0.2) is 48.5 Å². The molecule has 0 unspecified atom stereocenters. The van der Waals surface area contributed by atoms with E-state index in [1.54, 1.807) is 0 Å². The van der Waals surface area contributed by atoms with E-state index in [0.717, 1.165) is 31.0 Å². The van der Waals surface area contributed by atoms with E-state index >= 15 is 0 Å². The second kappa shape index (κ2) is 6.97. The maximum absolute atomic E-state index is 13.1. The maximum atomic E-state index is 13.1. The first-order valence-corrected chi connectivity index (χ1v) is 6.85. The van der Waals surface area contributed by atoms with Gasteiger partial charge in [0.15, 0.2) is 0 Å². The van der Waals surface area contributed by atoms with Gasteiger partial charge in [0.05, 0.1) is 0 Å². The first-order chi connectivity index (χ1) is 10.0. The average Bonchev–Trinajstić information content (AvgIpc) is 2.45. The molecule has 2 aromatic rings. The summed E-state index contributed by atoms with van der Waals surface area (Å²) in [6.07, 6.45) is 1.59. The quantitative estimate of drug-likeness (QED) is 0.893. The summed E-state index contributed by atoms with van der Waals surface area (Å²) in [4.78, 5) is 11.9. The SMILES string of the molecule is C[C@H](CCc1ccccc1)NC(=O)c1cc(F)cc(F)c1. The van der Waals surface area contributed by atoms with Gasteiger partial charge in [0.25, 0.3) is 5.91 Å². The van der Waals surface area contributed by atoms with E-state index in [9.17, 15) is 13.6 Å². The molecular weight excluding hydrogens is 272 g/mol. The fourth-order valence-electron chi connectivity index (χ4n) is 2.09. The van der Waals surface area contributed by atoms with E-state index in [4.69, 9.17) is 0 Å². The fraction of sp³-hybridized carbons (Fsp3) is 0.235. The van der Waals surface area contributed by atoms with Crippen LogP contribution in [0.3, 0.4) is 0 Å². The Bertz CT molecular complexity index is 593. The molecule has 0 bridgehead atoms. The highest BCUT2D eigenvalue weighted by Gasteiger charge is 2.12. The van der Waals surface area contributed by atoms with Gasteiger partial charge in [0.1, 0.15) is 11.6 Å². The highest BCUT2D eigenvalue weighted by molar-refractivity contribution is 5.94. The molecule has 1 amide bonds. The van der Waals surface area contributed by atoms with Gasteiger partial charge in [0, 0.05) is 17.7 Å². The molecule has 0 aromatic heterocycles. The van der Waals surface area contributed by atoms with Gasteiger partial charge in [-0.1, -0.05) is 30.3 Å². The molecule has 0 saturated carbocycles. The summed E-state index contributed by atoms with van der Waals surface area (Å²) in [5.74, 6) is -1.97. The number of halogens is 2. The van der Waals surface area contributed by atoms with Crippen molar-refractivity contribution < 1.29 is 13.6 Å². The van der Waals surface area contributed by atoms with Gasteiger partial charge in [-0.3, -0.25) is 4.79 Å². The fourth-order valence-corrected chi connectivity index (χ4v) is 2.09. The second-order valence-electron chi connectivity index (χ2n) is 5.06. The summed E-state index contributed by atoms with van der Waals surface area (Å²) in [6.45, 7) is 1.87. The monoisotopic (exact) mass is 289 g/mol. The smallest absolute Gasteiger partial charge is 0.251 e. The molecule has 2 rings (SSSR count). The summed E-state index contributed by atoms with van der Waals surface area (Å²) in [6, 6.07) is 12.7. The number of carbonyl (C=O) groups is 1. The van der Waals surface area contributed by atoms with Crippen molar-refractivity contribution in [2.75, 3.05) is 0 Å². The van der Waals surface area contributed by atoms with E-state index in [2.05, 4.69) is 5.32 Å². The van der Waals surface area contributed by atoms with Gasteiger partial charge < -0.3 is 5.32 Å². The van der Waals surface area contributed by atoms with Crippen LogP contribution in [0.2, 0.25) is 0 Å². The molecule has 2 nitrogen and oxygen atoms in total. The Balaban J connectivity index is 1.90. The van der Waals surface area contributed by atoms with Crippen LogP contribution < -0.4 is 5.32 Å². The van der Waals surface area contributed by atoms with Gasteiger partial charge in [-0.05, 0) is 37.5 Å². The first kappa shape index (κ1) is 15.2. The molecule has 0 saturated heterocycles. The van der Waals surface area contributed by atoms with Crippen LogP contribution in [0.5, 0.6) is 0 Å². The highest BCUT2D eigenvalue weighted by Crippen LogP contribution is 2.09. The van der Waals surface area contributed by atoms with Crippen molar-refractivity contribution in [2.45, 2.75) is 25.8 Å². The molecule has 0 aliphatic carbocycles. The number of carbonyl (C=O) groups excluding carboxylic acids is 1. The minimum Gasteiger partial charge on any atom is -0.350 e. The number of hydrogen-bond donors (Lipinski definition) is 1. The second-order valence-corrected chi connectivity index (χ2v) is 5.06. The summed E-state index contributed by atoms with van der Waals surface area (Å²) >= 11 is 0. The zero-order chi connectivity index (χ0) is 15.2. The van der Waals surface area contributed by atoms with Crippen molar-refractivity contribution in [1.82, 2.24) is 5.32 Å². The summed E-state index contributed by atoms with van der Waals surface area (Å²) < 4.78 is 26.2. The van der Waals surface area contributed by atoms with Crippen LogP contribution in [0.25, 0.3) is 0 Å². The molecule has 21 heavy (non-hydrogen) atoms. The number of nitrogens with one attached hydrogen (secondary N) is 1. The number of hydrogen-bond acceptors (Lipinski definition) is 1. The zero-order valence-electron chi connectivity index (χ0n) is 11.8. The van der Waals surface area contributed by atoms with Gasteiger partial charge in [0.2, 0.25) is 0 Å². The zero-order valence-corrected chi connectivity index (χ0v) is 11.8. The summed E-state index contributed by atoms with van der Waals surface area (Å²) in [7, 11) is 0. The lowest BCUT2D eigenvalue weighted by Crippen LogP contribution is -2.33. The van der Waals surface area contributed by atoms with Crippen LogP contribution in [0, 0.1) is 11.6 Å². The molecule has 0 aliphatic heterocycles. The Hall–Kier alpha value is -2.23. The third kappa shape index (κ3) is 4.67. The standard InChI is InChI=1S/C17H17F2NO/c1-12(7-8-13-5-3-2-4-6-13)20-17(21)14-9-15(18)11-16(19)10-14/h2-6,9-12H,7-8H2,1H3,(H,20,21)/t12-/m1/s1. The predicted octanol–water partition coefficient (Wildman–Crippen LogP) is 3.72. The summed E-state index contributed by atoms with van der Waals surface area (Å²) in [5.41, 5.74) is 1.19. The molecule has 0 heterocycles. The Kier molecular flexibility index (Phi) is 5.04. The van der Waals surface area contributed by atoms with Crippen molar-refractivity contribution in [3.8, 4) is 0 Å². The number of amides is 1. The molecule has 4 heteroatoms. The van der Waals surface area contributed by atoms with E-state index in [0.29, 0.717) is 0 Å². The largest absolute Gasteiger partial charge is 0.350 e. The number of benzene rings is 2. The number of aryl methyl sites for hydroxylation is 1. The van der Waals surface area contributed by atoms with E-state index in [1.165, 1.54) is 5.56 Å². The molecular formula is C17H17F2NO. The van der Waals surface area contributed by atoms with E-state index in [1.807, 2.05) is 37.3 Å². The van der Waals surface area contributed by atoms with Gasteiger partial charge in [-0.2, -0.15) is 0 Å². The molecule has 1 atom stereocenters. The van der Waals surface area contributed by atoms with Crippen molar-refractivity contribution in [3.63, 3.8) is 0 Å². The Morgan fingerprint density at radius 2 is 1.71 bits per heavy atom. The molecule has 0 aliphatic rings. The molecule has 0 spiro atoms. The number of rotatable bonds is 5. The molecule has 0 fully saturated rings. The highest BCUT2D eigenvalue weighted by atomic mass is 19.1. The third-order valence-electron chi connectivity index (χ3n) is 3.21. The van der Waals surface area contributed by atoms with Crippen LogP contribution in [-0.4, -0.2) is 11.9 Å². The molecule has 1 N–H and O–H groups in total. The Morgan fingerprint density at radius 3 is 2.33 bits per heavy atom. The van der Waals surface area contributed by atoms with Crippen molar-refractivity contribution in [3.05, 3.63) is 71.3 Å². The average molecular weight is 289 g/mol. The van der Waals surface area contributed by atoms with Crippen LogP contribution in [-0.2, 0) is 6.42 Å². The lowest BCUT2D eigenvalue weighted by Gasteiger charge is -2.14. The lowest BCUT2D eigenvalue weighted by atomic mass is 10.1. The van der Waals surface area contributed by atoms with Crippen LogP contribution in [0.1, 0.15) is 29.3 Å². The van der Waals surface area contributed by atoms with Gasteiger partial charge >= 0.3 is 0 Å².